The number of nitriles is 1. The molecule has 1 fully saturated rings. The Labute approximate surface area is 213 Å². The van der Waals surface area contributed by atoms with Crippen LogP contribution in [0.4, 0.5) is 5.69 Å². The number of aliphatic hydroxyl groups is 1. The van der Waals surface area contributed by atoms with Gasteiger partial charge in [-0.05, 0) is 79.4 Å². The van der Waals surface area contributed by atoms with E-state index in [9.17, 15) is 14.6 Å². The third kappa shape index (κ3) is 6.00. The molecule has 35 heavy (non-hydrogen) atoms. The maximum Gasteiger partial charge on any atom is 0.136 e. The highest BCUT2D eigenvalue weighted by molar-refractivity contribution is 7.87. The molecule has 4 rings (SSSR count). The summed E-state index contributed by atoms with van der Waals surface area (Å²) in [6.45, 7) is 8.90. The first-order chi connectivity index (χ1) is 16.8. The van der Waals surface area contributed by atoms with E-state index in [4.69, 9.17) is 4.74 Å². The third-order valence-corrected chi connectivity index (χ3v) is 8.95. The van der Waals surface area contributed by atoms with Crippen LogP contribution < -0.4 is 9.62 Å². The number of nitrogens with one attached hydrogen (secondary N) is 1. The predicted molar refractivity (Wildman–Crippen MR) is 146 cm³/mol. The first-order valence-electron chi connectivity index (χ1n) is 11.7. The standard InChI is InChI=1S/C27H31N3O3S2/c1-19(26(18-28)35(32)29-27(2,3)10-13-31)24-8-9-25(34-24)22-5-4-21-17-23(7-6-20(21)16-22)30-11-14-33-15-12-30/h4-9,16-17,29,31H,10-15H2,1-3H3/b26-19+. The predicted octanol–water partition coefficient (Wildman–Crippen LogP) is 5.07. The van der Waals surface area contributed by atoms with Crippen molar-refractivity contribution in [2.75, 3.05) is 37.8 Å². The number of nitrogens with zero attached hydrogens (tertiary/aromatic N) is 2. The van der Waals surface area contributed by atoms with Gasteiger partial charge in [0.1, 0.15) is 22.0 Å². The number of aliphatic hydroxyl groups excluding tert-OH is 1. The summed E-state index contributed by atoms with van der Waals surface area (Å²) < 4.78 is 21.3. The molecule has 2 aromatic carbocycles. The van der Waals surface area contributed by atoms with Crippen LogP contribution in [0.25, 0.3) is 26.8 Å². The van der Waals surface area contributed by atoms with Gasteiger partial charge in [-0.2, -0.15) is 5.26 Å². The quantitative estimate of drug-likeness (QED) is 0.414. The Kier molecular flexibility index (Phi) is 8.05. The lowest BCUT2D eigenvalue weighted by atomic mass is 10.0. The largest absolute Gasteiger partial charge is 0.396 e. The fourth-order valence-corrected chi connectivity index (χ4v) is 6.36. The van der Waals surface area contributed by atoms with Crippen LogP contribution in [0.1, 0.15) is 32.1 Å². The Balaban J connectivity index is 1.57. The number of thiophene rings is 1. The molecule has 1 saturated heterocycles. The molecule has 1 unspecified atom stereocenters. The van der Waals surface area contributed by atoms with Crippen LogP contribution in [0.15, 0.2) is 53.4 Å². The van der Waals surface area contributed by atoms with E-state index < -0.39 is 16.5 Å². The van der Waals surface area contributed by atoms with E-state index in [1.165, 1.54) is 16.5 Å². The molecule has 2 heterocycles. The summed E-state index contributed by atoms with van der Waals surface area (Å²) >= 11 is 1.58. The zero-order chi connectivity index (χ0) is 25.0. The van der Waals surface area contributed by atoms with E-state index in [0.29, 0.717) is 12.0 Å². The van der Waals surface area contributed by atoms with Gasteiger partial charge in [0.15, 0.2) is 0 Å². The molecule has 2 N–H and O–H groups in total. The van der Waals surface area contributed by atoms with Crippen LogP contribution in [-0.2, 0) is 15.7 Å². The van der Waals surface area contributed by atoms with E-state index in [0.717, 1.165) is 41.6 Å². The average molecular weight is 510 g/mol. The van der Waals surface area contributed by atoms with Gasteiger partial charge in [0, 0.05) is 40.7 Å². The number of allylic oxidation sites excluding steroid dienone is 2. The van der Waals surface area contributed by atoms with Gasteiger partial charge < -0.3 is 14.7 Å². The lowest BCUT2D eigenvalue weighted by molar-refractivity contribution is 0.122. The smallest absolute Gasteiger partial charge is 0.136 e. The molecule has 1 aliphatic rings. The Morgan fingerprint density at radius 1 is 1.17 bits per heavy atom. The molecule has 6 nitrogen and oxygen atoms in total. The zero-order valence-electron chi connectivity index (χ0n) is 20.3. The van der Waals surface area contributed by atoms with Gasteiger partial charge in [-0.25, -0.2) is 8.93 Å². The van der Waals surface area contributed by atoms with Crippen LogP contribution in [0.3, 0.4) is 0 Å². The number of hydrogen-bond acceptors (Lipinski definition) is 6. The summed E-state index contributed by atoms with van der Waals surface area (Å²) in [7, 11) is -1.67. The van der Waals surface area contributed by atoms with E-state index >= 15 is 0 Å². The number of benzene rings is 2. The van der Waals surface area contributed by atoms with Crippen molar-refractivity contribution in [2.45, 2.75) is 32.7 Å². The maximum atomic E-state index is 12.9. The Hall–Kier alpha value is -2.54. The van der Waals surface area contributed by atoms with Crippen molar-refractivity contribution in [3.63, 3.8) is 0 Å². The summed E-state index contributed by atoms with van der Waals surface area (Å²) in [5, 5.41) is 21.3. The molecule has 8 heteroatoms. The number of fused-ring (bicyclic) bond motifs is 1. The minimum Gasteiger partial charge on any atom is -0.396 e. The van der Waals surface area contributed by atoms with Gasteiger partial charge >= 0.3 is 0 Å². The fourth-order valence-electron chi connectivity index (χ4n) is 4.11. The zero-order valence-corrected chi connectivity index (χ0v) is 22.0. The highest BCUT2D eigenvalue weighted by atomic mass is 32.2. The summed E-state index contributed by atoms with van der Waals surface area (Å²) in [5.41, 5.74) is 2.49. The number of hydrogen-bond donors (Lipinski definition) is 2. The molecular formula is C27H31N3O3S2. The van der Waals surface area contributed by atoms with Gasteiger partial charge in [0.05, 0.1) is 13.2 Å². The minimum absolute atomic E-state index is 0.0175. The molecule has 1 atom stereocenters. The van der Waals surface area contributed by atoms with Crippen LogP contribution in [0.5, 0.6) is 0 Å². The molecule has 0 amide bonds. The lowest BCUT2D eigenvalue weighted by Crippen LogP contribution is -2.41. The first-order valence-corrected chi connectivity index (χ1v) is 13.7. The van der Waals surface area contributed by atoms with Crippen molar-refractivity contribution < 1.29 is 14.1 Å². The van der Waals surface area contributed by atoms with Crippen molar-refractivity contribution in [1.82, 2.24) is 4.72 Å². The molecule has 1 aromatic heterocycles. The molecule has 0 bridgehead atoms. The van der Waals surface area contributed by atoms with E-state index in [1.807, 2.05) is 32.9 Å². The van der Waals surface area contributed by atoms with Crippen LogP contribution in [0, 0.1) is 11.3 Å². The van der Waals surface area contributed by atoms with Gasteiger partial charge in [0.2, 0.25) is 0 Å². The summed E-state index contributed by atoms with van der Waals surface area (Å²) in [5.74, 6) is 0. The van der Waals surface area contributed by atoms with Crippen LogP contribution in [-0.4, -0.2) is 47.8 Å². The van der Waals surface area contributed by atoms with Gasteiger partial charge in [-0.1, -0.05) is 18.2 Å². The van der Waals surface area contributed by atoms with Gasteiger partial charge in [-0.3, -0.25) is 0 Å². The second-order valence-electron chi connectivity index (χ2n) is 9.30. The summed E-state index contributed by atoms with van der Waals surface area (Å²) in [6.07, 6.45) is 0.440. The molecule has 0 aliphatic carbocycles. The fraction of sp³-hybridized carbons (Fsp3) is 0.370. The monoisotopic (exact) mass is 509 g/mol. The normalized spacial score (nSPS) is 16.1. The second kappa shape index (κ2) is 11.0. The first kappa shape index (κ1) is 25.5. The molecule has 1 aliphatic heterocycles. The lowest BCUT2D eigenvalue weighted by Gasteiger charge is -2.29. The summed E-state index contributed by atoms with van der Waals surface area (Å²) in [6, 6.07) is 19.2. The Morgan fingerprint density at radius 3 is 2.60 bits per heavy atom. The van der Waals surface area contributed by atoms with E-state index in [2.05, 4.69) is 52.1 Å². The Bertz CT molecular complexity index is 1300. The summed E-state index contributed by atoms with van der Waals surface area (Å²) in [4.78, 5) is 4.57. The van der Waals surface area contributed by atoms with Crippen molar-refractivity contribution in [1.29, 1.82) is 5.26 Å². The third-order valence-electron chi connectivity index (χ3n) is 6.19. The molecule has 0 saturated carbocycles. The number of ether oxygens (including phenoxy) is 1. The number of rotatable bonds is 8. The van der Waals surface area contributed by atoms with Crippen molar-refractivity contribution in [3.8, 4) is 16.5 Å². The molecule has 0 radical (unpaired) electrons. The average Bonchev–Trinajstić information content (AvgIpc) is 3.34. The topological polar surface area (TPSA) is 85.6 Å². The van der Waals surface area contributed by atoms with E-state index in [1.54, 1.807) is 11.3 Å². The van der Waals surface area contributed by atoms with Crippen molar-refractivity contribution in [2.24, 2.45) is 0 Å². The van der Waals surface area contributed by atoms with Gasteiger partial charge in [-0.15, -0.1) is 11.3 Å². The molecule has 184 valence electrons. The minimum atomic E-state index is -1.67. The second-order valence-corrected chi connectivity index (χ2v) is 11.5. The van der Waals surface area contributed by atoms with Crippen LogP contribution >= 0.6 is 11.3 Å². The van der Waals surface area contributed by atoms with E-state index in [-0.39, 0.29) is 11.5 Å². The number of morpholine rings is 1. The molecule has 3 aromatic rings. The number of anilines is 1. The Morgan fingerprint density at radius 2 is 1.89 bits per heavy atom. The van der Waals surface area contributed by atoms with Crippen molar-refractivity contribution in [3.05, 3.63) is 58.3 Å². The van der Waals surface area contributed by atoms with Crippen LogP contribution in [0.2, 0.25) is 0 Å². The molecule has 0 spiro atoms. The highest BCUT2D eigenvalue weighted by Crippen LogP contribution is 2.35. The maximum absolute atomic E-state index is 12.9. The highest BCUT2D eigenvalue weighted by Gasteiger charge is 2.23. The molecular weight excluding hydrogens is 478 g/mol. The SMILES string of the molecule is C/C(=C(/C#N)S(=O)NC(C)(C)CCO)c1ccc(-c2ccc3cc(N4CCOCC4)ccc3c2)s1. The van der Waals surface area contributed by atoms with Crippen molar-refractivity contribution >= 4 is 44.4 Å². The van der Waals surface area contributed by atoms with Gasteiger partial charge in [0.25, 0.3) is 0 Å².